The highest BCUT2D eigenvalue weighted by atomic mass is 15.1. The quantitative estimate of drug-likeness (QED) is 0.751. The molecular formula is C10H18N4. The van der Waals surface area contributed by atoms with Crippen molar-refractivity contribution in [1.29, 1.82) is 0 Å². The Kier molecular flexibility index (Phi) is 3.71. The lowest BCUT2D eigenvalue weighted by Gasteiger charge is -2.20. The Morgan fingerprint density at radius 2 is 2.29 bits per heavy atom. The third kappa shape index (κ3) is 3.22. The van der Waals surface area contributed by atoms with Gasteiger partial charge in [0.05, 0.1) is 17.6 Å². The first-order valence-electron chi connectivity index (χ1n) is 4.70. The Hall–Kier alpha value is -1.29. The maximum absolute atomic E-state index is 5.76. The minimum atomic E-state index is 0.370. The molecule has 0 radical (unpaired) electrons. The summed E-state index contributed by atoms with van der Waals surface area (Å²) in [4.78, 5) is 6.07. The molecule has 0 fully saturated rings. The van der Waals surface area contributed by atoms with E-state index in [1.54, 1.807) is 12.4 Å². The summed E-state index contributed by atoms with van der Waals surface area (Å²) >= 11 is 0. The van der Waals surface area contributed by atoms with Crippen molar-refractivity contribution in [1.82, 2.24) is 9.88 Å². The second kappa shape index (κ2) is 4.81. The van der Waals surface area contributed by atoms with E-state index in [0.29, 0.717) is 11.7 Å². The van der Waals surface area contributed by atoms with E-state index >= 15 is 0 Å². The van der Waals surface area contributed by atoms with Crippen LogP contribution in [0.4, 0.5) is 11.4 Å². The second-order valence-electron chi connectivity index (χ2n) is 3.77. The molecule has 1 aromatic heterocycles. The second-order valence-corrected chi connectivity index (χ2v) is 3.77. The number of hydrogen-bond acceptors (Lipinski definition) is 4. The zero-order valence-electron chi connectivity index (χ0n) is 8.99. The van der Waals surface area contributed by atoms with Gasteiger partial charge in [0.1, 0.15) is 0 Å². The van der Waals surface area contributed by atoms with Gasteiger partial charge in [-0.1, -0.05) is 0 Å². The predicted molar refractivity (Wildman–Crippen MR) is 60.3 cm³/mol. The van der Waals surface area contributed by atoms with Crippen molar-refractivity contribution in [3.8, 4) is 0 Å². The molecule has 14 heavy (non-hydrogen) atoms. The summed E-state index contributed by atoms with van der Waals surface area (Å²) in [6, 6.07) is 2.26. The van der Waals surface area contributed by atoms with Crippen LogP contribution in [-0.4, -0.2) is 36.6 Å². The van der Waals surface area contributed by atoms with Gasteiger partial charge in [0.15, 0.2) is 0 Å². The van der Waals surface area contributed by atoms with Crippen LogP contribution >= 0.6 is 0 Å². The van der Waals surface area contributed by atoms with Crippen LogP contribution in [0, 0.1) is 0 Å². The smallest absolute Gasteiger partial charge is 0.0736 e. The molecule has 4 heteroatoms. The Bertz CT molecular complexity index is 285. The normalized spacial score (nSPS) is 12.9. The van der Waals surface area contributed by atoms with Gasteiger partial charge in [-0.25, -0.2) is 0 Å². The van der Waals surface area contributed by atoms with Gasteiger partial charge in [0.2, 0.25) is 0 Å². The van der Waals surface area contributed by atoms with Gasteiger partial charge in [-0.15, -0.1) is 0 Å². The highest BCUT2D eigenvalue weighted by Gasteiger charge is 2.04. The maximum atomic E-state index is 5.76. The number of aromatic nitrogens is 1. The summed E-state index contributed by atoms with van der Waals surface area (Å²) in [5.41, 5.74) is 7.41. The van der Waals surface area contributed by atoms with E-state index in [2.05, 4.69) is 22.1 Å². The lowest BCUT2D eigenvalue weighted by Crippen LogP contribution is -2.29. The first-order chi connectivity index (χ1) is 6.59. The first kappa shape index (κ1) is 10.8. The van der Waals surface area contributed by atoms with E-state index in [0.717, 1.165) is 12.2 Å². The third-order valence-electron chi connectivity index (χ3n) is 1.89. The van der Waals surface area contributed by atoms with Crippen molar-refractivity contribution in [2.24, 2.45) is 0 Å². The summed E-state index contributed by atoms with van der Waals surface area (Å²) in [6.45, 7) is 3.10. The molecular weight excluding hydrogens is 176 g/mol. The lowest BCUT2D eigenvalue weighted by atomic mass is 10.2. The summed E-state index contributed by atoms with van der Waals surface area (Å²) in [5.74, 6) is 0. The maximum Gasteiger partial charge on any atom is 0.0736 e. The number of nitrogens with two attached hydrogens (primary N) is 1. The zero-order chi connectivity index (χ0) is 10.6. The van der Waals surface area contributed by atoms with E-state index in [1.807, 2.05) is 20.2 Å². The van der Waals surface area contributed by atoms with Gasteiger partial charge in [-0.2, -0.15) is 0 Å². The van der Waals surface area contributed by atoms with Gasteiger partial charge < -0.3 is 16.0 Å². The summed E-state index contributed by atoms with van der Waals surface area (Å²) in [6.07, 6.45) is 3.39. The van der Waals surface area contributed by atoms with E-state index in [-0.39, 0.29) is 0 Å². The molecule has 1 unspecified atom stereocenters. The van der Waals surface area contributed by atoms with Crippen molar-refractivity contribution >= 4 is 11.4 Å². The fourth-order valence-corrected chi connectivity index (χ4v) is 1.40. The number of anilines is 2. The van der Waals surface area contributed by atoms with Crippen molar-refractivity contribution < 1.29 is 0 Å². The van der Waals surface area contributed by atoms with Crippen LogP contribution < -0.4 is 11.1 Å². The average Bonchev–Trinajstić information content (AvgIpc) is 2.07. The zero-order valence-corrected chi connectivity index (χ0v) is 8.99. The fourth-order valence-electron chi connectivity index (χ4n) is 1.40. The monoisotopic (exact) mass is 194 g/mol. The number of rotatable bonds is 4. The standard InChI is InChI=1S/C10H18N4/c1-8(7-14(2)3)13-10-4-5-12-6-9(10)11/h4-6,8H,7,11H2,1-3H3,(H,12,13). The molecule has 0 aliphatic carbocycles. The minimum Gasteiger partial charge on any atom is -0.396 e. The van der Waals surface area contributed by atoms with Gasteiger partial charge in [0.25, 0.3) is 0 Å². The number of pyridine rings is 1. The molecule has 1 heterocycles. The number of likely N-dealkylation sites (N-methyl/N-ethyl adjacent to an activating group) is 1. The molecule has 0 bridgehead atoms. The van der Waals surface area contributed by atoms with Crippen LogP contribution in [0.5, 0.6) is 0 Å². The Morgan fingerprint density at radius 3 is 2.86 bits per heavy atom. The van der Waals surface area contributed by atoms with Gasteiger partial charge >= 0.3 is 0 Å². The Balaban J connectivity index is 2.56. The molecule has 0 amide bonds. The van der Waals surface area contributed by atoms with Gasteiger partial charge in [0, 0.05) is 18.8 Å². The first-order valence-corrected chi connectivity index (χ1v) is 4.70. The molecule has 0 aliphatic heterocycles. The predicted octanol–water partition coefficient (Wildman–Crippen LogP) is 1.03. The van der Waals surface area contributed by atoms with Crippen molar-refractivity contribution in [3.63, 3.8) is 0 Å². The average molecular weight is 194 g/mol. The molecule has 3 N–H and O–H groups in total. The Labute approximate surface area is 85.1 Å². The van der Waals surface area contributed by atoms with Crippen LogP contribution in [0.2, 0.25) is 0 Å². The van der Waals surface area contributed by atoms with E-state index in [1.165, 1.54) is 0 Å². The molecule has 1 atom stereocenters. The van der Waals surface area contributed by atoms with Crippen LogP contribution in [0.15, 0.2) is 18.5 Å². The van der Waals surface area contributed by atoms with Crippen LogP contribution in [-0.2, 0) is 0 Å². The highest BCUT2D eigenvalue weighted by molar-refractivity contribution is 5.64. The van der Waals surface area contributed by atoms with Crippen LogP contribution in [0.25, 0.3) is 0 Å². The summed E-state index contributed by atoms with van der Waals surface area (Å²) in [5, 5.41) is 3.33. The fraction of sp³-hybridized carbons (Fsp3) is 0.500. The summed E-state index contributed by atoms with van der Waals surface area (Å²) < 4.78 is 0. The molecule has 0 aromatic carbocycles. The largest absolute Gasteiger partial charge is 0.396 e. The minimum absolute atomic E-state index is 0.370. The molecule has 1 rings (SSSR count). The summed E-state index contributed by atoms with van der Waals surface area (Å²) in [7, 11) is 4.10. The van der Waals surface area contributed by atoms with Crippen LogP contribution in [0.3, 0.4) is 0 Å². The SMILES string of the molecule is CC(CN(C)C)Nc1ccncc1N. The highest BCUT2D eigenvalue weighted by Crippen LogP contribution is 2.16. The van der Waals surface area contributed by atoms with Gasteiger partial charge in [-0.3, -0.25) is 4.98 Å². The van der Waals surface area contributed by atoms with Crippen molar-refractivity contribution in [2.75, 3.05) is 31.7 Å². The van der Waals surface area contributed by atoms with E-state index in [9.17, 15) is 0 Å². The number of hydrogen-bond donors (Lipinski definition) is 2. The lowest BCUT2D eigenvalue weighted by molar-refractivity contribution is 0.392. The number of nitrogen functional groups attached to an aromatic ring is 1. The van der Waals surface area contributed by atoms with Crippen LogP contribution in [0.1, 0.15) is 6.92 Å². The van der Waals surface area contributed by atoms with E-state index in [4.69, 9.17) is 5.73 Å². The number of nitrogens with one attached hydrogen (secondary N) is 1. The molecule has 1 aromatic rings. The van der Waals surface area contributed by atoms with Crippen molar-refractivity contribution in [2.45, 2.75) is 13.0 Å². The Morgan fingerprint density at radius 1 is 1.57 bits per heavy atom. The molecule has 0 saturated heterocycles. The van der Waals surface area contributed by atoms with Crippen molar-refractivity contribution in [3.05, 3.63) is 18.5 Å². The molecule has 4 nitrogen and oxygen atoms in total. The molecule has 0 spiro atoms. The topological polar surface area (TPSA) is 54.2 Å². The third-order valence-corrected chi connectivity index (χ3v) is 1.89. The molecule has 78 valence electrons. The molecule has 0 aliphatic rings. The van der Waals surface area contributed by atoms with Gasteiger partial charge in [-0.05, 0) is 27.1 Å². The number of nitrogens with zero attached hydrogens (tertiary/aromatic N) is 2. The van der Waals surface area contributed by atoms with E-state index < -0.39 is 0 Å². The molecule has 0 saturated carbocycles.